The first-order valence-corrected chi connectivity index (χ1v) is 8.58. The van der Waals surface area contributed by atoms with E-state index in [-0.39, 0.29) is 5.91 Å². The second kappa shape index (κ2) is 6.63. The number of carbonyl (C=O) groups is 1. The summed E-state index contributed by atoms with van der Waals surface area (Å²) in [5, 5.41) is 4.53. The van der Waals surface area contributed by atoms with Gasteiger partial charge in [0.15, 0.2) is 0 Å². The summed E-state index contributed by atoms with van der Waals surface area (Å²) in [6, 6.07) is 7.86. The predicted molar refractivity (Wildman–Crippen MR) is 90.3 cm³/mol. The van der Waals surface area contributed by atoms with Crippen LogP contribution in [0.1, 0.15) is 41.8 Å². The monoisotopic (exact) mass is 319 g/mol. The molecule has 1 aromatic heterocycles. The maximum Gasteiger partial charge on any atom is 0.262 e. The number of halogens is 1. The van der Waals surface area contributed by atoms with Crippen LogP contribution in [0.3, 0.4) is 0 Å². The van der Waals surface area contributed by atoms with E-state index in [1.54, 1.807) is 0 Å². The molecule has 0 spiro atoms. The molecule has 4 heteroatoms. The van der Waals surface area contributed by atoms with Gasteiger partial charge in [-0.05, 0) is 38.2 Å². The topological polar surface area (TPSA) is 29.1 Å². The molecule has 21 heavy (non-hydrogen) atoms. The number of hydrogen-bond acceptors (Lipinski definition) is 2. The third kappa shape index (κ3) is 3.30. The molecule has 1 amide bonds. The molecule has 3 rings (SSSR count). The molecule has 1 aliphatic carbocycles. The highest BCUT2D eigenvalue weighted by Gasteiger charge is 2.16. The Hall–Kier alpha value is -1.32. The van der Waals surface area contributed by atoms with E-state index in [9.17, 15) is 4.79 Å². The van der Waals surface area contributed by atoms with Crippen LogP contribution in [-0.4, -0.2) is 12.5 Å². The lowest BCUT2D eigenvalue weighted by Gasteiger charge is -2.12. The predicted octanol–water partition coefficient (Wildman–Crippen LogP) is 5.18. The fourth-order valence-electron chi connectivity index (χ4n) is 2.71. The minimum Gasteiger partial charge on any atom is -0.351 e. The SMILES string of the molecule is O=C(NCCC1=CCCCC1)c1sc2ccccc2c1Cl. The van der Waals surface area contributed by atoms with E-state index in [2.05, 4.69) is 11.4 Å². The van der Waals surface area contributed by atoms with Gasteiger partial charge >= 0.3 is 0 Å². The molecule has 0 bridgehead atoms. The van der Waals surface area contributed by atoms with Crippen LogP contribution in [0.25, 0.3) is 10.1 Å². The Kier molecular flexibility index (Phi) is 4.61. The van der Waals surface area contributed by atoms with Gasteiger partial charge in [-0.3, -0.25) is 4.79 Å². The smallest absolute Gasteiger partial charge is 0.262 e. The summed E-state index contributed by atoms with van der Waals surface area (Å²) in [4.78, 5) is 12.9. The summed E-state index contributed by atoms with van der Waals surface area (Å²) < 4.78 is 1.06. The van der Waals surface area contributed by atoms with Crippen LogP contribution in [0.5, 0.6) is 0 Å². The van der Waals surface area contributed by atoms with Crippen molar-refractivity contribution >= 4 is 38.9 Å². The number of hydrogen-bond donors (Lipinski definition) is 1. The van der Waals surface area contributed by atoms with Gasteiger partial charge in [0, 0.05) is 16.6 Å². The van der Waals surface area contributed by atoms with Gasteiger partial charge in [-0.1, -0.05) is 41.4 Å². The first-order chi connectivity index (χ1) is 10.3. The molecule has 2 nitrogen and oxygen atoms in total. The van der Waals surface area contributed by atoms with Gasteiger partial charge in [-0.2, -0.15) is 0 Å². The maximum atomic E-state index is 12.3. The number of carbonyl (C=O) groups excluding carboxylic acids is 1. The van der Waals surface area contributed by atoms with Crippen molar-refractivity contribution in [1.29, 1.82) is 0 Å². The van der Waals surface area contributed by atoms with Gasteiger partial charge in [0.1, 0.15) is 4.88 Å². The highest BCUT2D eigenvalue weighted by Crippen LogP contribution is 2.34. The molecule has 0 fully saturated rings. The number of allylic oxidation sites excluding steroid dienone is 1. The number of thiophene rings is 1. The molecule has 1 aliphatic rings. The highest BCUT2D eigenvalue weighted by molar-refractivity contribution is 7.21. The molecule has 1 heterocycles. The molecular weight excluding hydrogens is 302 g/mol. The maximum absolute atomic E-state index is 12.3. The van der Waals surface area contributed by atoms with E-state index >= 15 is 0 Å². The normalized spacial score (nSPS) is 15.0. The van der Waals surface area contributed by atoms with Crippen LogP contribution in [0.15, 0.2) is 35.9 Å². The van der Waals surface area contributed by atoms with Gasteiger partial charge < -0.3 is 5.32 Å². The molecule has 0 radical (unpaired) electrons. The van der Waals surface area contributed by atoms with E-state index in [1.165, 1.54) is 42.6 Å². The van der Waals surface area contributed by atoms with Gasteiger partial charge in [0.25, 0.3) is 5.91 Å². The average Bonchev–Trinajstić information content (AvgIpc) is 2.86. The van der Waals surface area contributed by atoms with E-state index in [0.29, 0.717) is 16.4 Å². The Morgan fingerprint density at radius 1 is 1.29 bits per heavy atom. The molecule has 0 saturated heterocycles. The Morgan fingerprint density at radius 2 is 2.14 bits per heavy atom. The van der Waals surface area contributed by atoms with E-state index in [1.807, 2.05) is 24.3 Å². The number of nitrogens with one attached hydrogen (secondary N) is 1. The third-order valence-electron chi connectivity index (χ3n) is 3.86. The van der Waals surface area contributed by atoms with Gasteiger partial charge in [0.05, 0.1) is 5.02 Å². The third-order valence-corrected chi connectivity index (χ3v) is 5.53. The number of fused-ring (bicyclic) bond motifs is 1. The summed E-state index contributed by atoms with van der Waals surface area (Å²) in [7, 11) is 0. The van der Waals surface area contributed by atoms with Crippen molar-refractivity contribution in [2.45, 2.75) is 32.1 Å². The zero-order valence-corrected chi connectivity index (χ0v) is 13.4. The van der Waals surface area contributed by atoms with Crippen LogP contribution in [0, 0.1) is 0 Å². The fraction of sp³-hybridized carbons (Fsp3) is 0.353. The van der Waals surface area contributed by atoms with E-state index in [4.69, 9.17) is 11.6 Å². The largest absolute Gasteiger partial charge is 0.351 e. The van der Waals surface area contributed by atoms with Crippen molar-refractivity contribution in [2.24, 2.45) is 0 Å². The average molecular weight is 320 g/mol. The van der Waals surface area contributed by atoms with Crippen LogP contribution in [-0.2, 0) is 0 Å². The van der Waals surface area contributed by atoms with Crippen LogP contribution in [0.2, 0.25) is 5.02 Å². The van der Waals surface area contributed by atoms with Crippen molar-refractivity contribution in [3.63, 3.8) is 0 Å². The minimum absolute atomic E-state index is 0.0578. The van der Waals surface area contributed by atoms with Crippen molar-refractivity contribution in [1.82, 2.24) is 5.32 Å². The second-order valence-electron chi connectivity index (χ2n) is 5.36. The first-order valence-electron chi connectivity index (χ1n) is 7.39. The van der Waals surface area contributed by atoms with Crippen molar-refractivity contribution in [2.75, 3.05) is 6.54 Å². The number of benzene rings is 1. The molecular formula is C17H18ClNOS. The summed E-state index contributed by atoms with van der Waals surface area (Å²) in [5.41, 5.74) is 1.48. The number of amides is 1. The highest BCUT2D eigenvalue weighted by atomic mass is 35.5. The molecule has 0 unspecified atom stereocenters. The Balaban J connectivity index is 1.64. The molecule has 0 atom stereocenters. The fourth-order valence-corrected chi connectivity index (χ4v) is 4.14. The van der Waals surface area contributed by atoms with Crippen LogP contribution < -0.4 is 5.32 Å². The molecule has 1 aromatic carbocycles. The second-order valence-corrected chi connectivity index (χ2v) is 6.79. The zero-order valence-electron chi connectivity index (χ0n) is 11.8. The van der Waals surface area contributed by atoms with Crippen LogP contribution >= 0.6 is 22.9 Å². The van der Waals surface area contributed by atoms with E-state index < -0.39 is 0 Å². The summed E-state index contributed by atoms with van der Waals surface area (Å²) in [6.07, 6.45) is 8.22. The lowest BCUT2D eigenvalue weighted by Crippen LogP contribution is -2.24. The minimum atomic E-state index is -0.0578. The lowest BCUT2D eigenvalue weighted by atomic mass is 9.97. The summed E-state index contributed by atoms with van der Waals surface area (Å²) >= 11 is 7.78. The van der Waals surface area contributed by atoms with Crippen molar-refractivity contribution in [3.05, 3.63) is 45.8 Å². The molecule has 110 valence electrons. The summed E-state index contributed by atoms with van der Waals surface area (Å²) in [5.74, 6) is -0.0578. The zero-order chi connectivity index (χ0) is 14.7. The molecule has 1 N–H and O–H groups in total. The molecule has 0 aliphatic heterocycles. The summed E-state index contributed by atoms with van der Waals surface area (Å²) in [6.45, 7) is 0.690. The van der Waals surface area contributed by atoms with Crippen LogP contribution in [0.4, 0.5) is 0 Å². The standard InChI is InChI=1S/C17H18ClNOS/c18-15-13-8-4-5-9-14(13)21-16(15)17(20)19-11-10-12-6-2-1-3-7-12/h4-6,8-9H,1-3,7,10-11H2,(H,19,20). The van der Waals surface area contributed by atoms with E-state index in [0.717, 1.165) is 16.5 Å². The Bertz CT molecular complexity index is 689. The Labute approximate surface area is 133 Å². The lowest BCUT2D eigenvalue weighted by molar-refractivity contribution is 0.0958. The quantitative estimate of drug-likeness (QED) is 0.773. The van der Waals surface area contributed by atoms with Crippen molar-refractivity contribution < 1.29 is 4.79 Å². The van der Waals surface area contributed by atoms with Gasteiger partial charge in [0.2, 0.25) is 0 Å². The van der Waals surface area contributed by atoms with Crippen molar-refractivity contribution in [3.8, 4) is 0 Å². The first kappa shape index (κ1) is 14.6. The van der Waals surface area contributed by atoms with Gasteiger partial charge in [-0.15, -0.1) is 11.3 Å². The molecule has 0 saturated carbocycles. The Morgan fingerprint density at radius 3 is 2.90 bits per heavy atom. The van der Waals surface area contributed by atoms with Gasteiger partial charge in [-0.25, -0.2) is 0 Å². The number of rotatable bonds is 4. The molecule has 2 aromatic rings.